The number of thiazole rings is 1. The van der Waals surface area contributed by atoms with Crippen molar-refractivity contribution in [2.45, 2.75) is 26.7 Å². The molecule has 0 unspecified atom stereocenters. The average molecular weight is 229 g/mol. The summed E-state index contributed by atoms with van der Waals surface area (Å²) in [6, 6.07) is 0. The zero-order valence-electron chi connectivity index (χ0n) is 8.60. The normalized spacial score (nSPS) is 10.4. The Hall–Kier alpha value is -1.50. The first-order valence-corrected chi connectivity index (χ1v) is 5.16. The molecule has 0 bridgehead atoms. The van der Waals surface area contributed by atoms with Gasteiger partial charge in [0.15, 0.2) is 0 Å². The lowest BCUT2D eigenvalue weighted by atomic mass is 10.2. The molecule has 1 aromatic rings. The summed E-state index contributed by atoms with van der Waals surface area (Å²) in [4.78, 5) is 25.2. The number of nitrogens with one attached hydrogen (secondary N) is 1. The van der Waals surface area contributed by atoms with E-state index in [0.29, 0.717) is 4.88 Å². The number of carbonyl (C=O) groups is 1. The van der Waals surface area contributed by atoms with E-state index < -0.39 is 4.92 Å². The summed E-state index contributed by atoms with van der Waals surface area (Å²) in [5.74, 6) is -0.432. The van der Waals surface area contributed by atoms with Crippen LogP contribution in [0.2, 0.25) is 0 Å². The molecule has 1 amide bonds. The number of aromatic nitrogens is 1. The van der Waals surface area contributed by atoms with E-state index in [1.165, 1.54) is 6.92 Å². The Kier molecular flexibility index (Phi) is 3.35. The maximum Gasteiger partial charge on any atom is 0.380 e. The molecule has 1 aromatic heterocycles. The van der Waals surface area contributed by atoms with Gasteiger partial charge in [-0.3, -0.25) is 10.1 Å². The second-order valence-electron chi connectivity index (χ2n) is 3.30. The van der Waals surface area contributed by atoms with Crippen molar-refractivity contribution in [2.75, 3.05) is 5.32 Å². The molecule has 6 nitrogen and oxygen atoms in total. The summed E-state index contributed by atoms with van der Waals surface area (Å²) in [7, 11) is 0. The summed E-state index contributed by atoms with van der Waals surface area (Å²) >= 11 is 1.14. The first-order chi connectivity index (χ1) is 6.91. The molecule has 0 saturated heterocycles. The predicted octanol–water partition coefficient (Wildman–Crippen LogP) is 2.13. The molecule has 0 spiro atoms. The number of rotatable bonds is 3. The van der Waals surface area contributed by atoms with Crippen LogP contribution in [0, 0.1) is 10.1 Å². The SMILES string of the molecule is CC(=O)Nc1nc([N+](=O)[O-])c(C(C)C)s1. The summed E-state index contributed by atoms with van der Waals surface area (Å²) in [6.07, 6.45) is 0. The van der Waals surface area contributed by atoms with E-state index in [1.807, 2.05) is 13.8 Å². The third-order valence-corrected chi connectivity index (χ3v) is 2.88. The first kappa shape index (κ1) is 11.6. The van der Waals surface area contributed by atoms with E-state index >= 15 is 0 Å². The van der Waals surface area contributed by atoms with E-state index in [2.05, 4.69) is 10.3 Å². The van der Waals surface area contributed by atoms with Crippen LogP contribution < -0.4 is 5.32 Å². The third-order valence-electron chi connectivity index (χ3n) is 1.61. The number of amides is 1. The van der Waals surface area contributed by atoms with Gasteiger partial charge in [0.2, 0.25) is 5.91 Å². The van der Waals surface area contributed by atoms with Crippen molar-refractivity contribution in [3.63, 3.8) is 0 Å². The zero-order chi connectivity index (χ0) is 11.6. The molecule has 0 atom stereocenters. The highest BCUT2D eigenvalue weighted by atomic mass is 32.1. The number of anilines is 1. The maximum atomic E-state index is 10.8. The van der Waals surface area contributed by atoms with Gasteiger partial charge in [-0.05, 0) is 15.8 Å². The van der Waals surface area contributed by atoms with Gasteiger partial charge in [0.05, 0.1) is 0 Å². The van der Waals surface area contributed by atoms with Gasteiger partial charge < -0.3 is 10.1 Å². The quantitative estimate of drug-likeness (QED) is 0.635. The van der Waals surface area contributed by atoms with Gasteiger partial charge in [-0.1, -0.05) is 25.2 Å². The summed E-state index contributed by atoms with van der Waals surface area (Å²) in [6.45, 7) is 5.03. The highest BCUT2D eigenvalue weighted by Gasteiger charge is 2.25. The van der Waals surface area contributed by atoms with Crippen LogP contribution in [0.1, 0.15) is 31.6 Å². The van der Waals surface area contributed by atoms with Crippen LogP contribution in [0.25, 0.3) is 0 Å². The van der Waals surface area contributed by atoms with Crippen LogP contribution in [0.5, 0.6) is 0 Å². The topological polar surface area (TPSA) is 85.1 Å². The largest absolute Gasteiger partial charge is 0.380 e. The fourth-order valence-electron chi connectivity index (χ4n) is 1.03. The third kappa shape index (κ3) is 2.72. The number of nitrogens with zero attached hydrogens (tertiary/aromatic N) is 2. The molecule has 1 rings (SSSR count). The Bertz CT molecular complexity index is 400. The van der Waals surface area contributed by atoms with Crippen molar-refractivity contribution >= 4 is 28.2 Å². The zero-order valence-corrected chi connectivity index (χ0v) is 9.42. The molecule has 0 aromatic carbocycles. The van der Waals surface area contributed by atoms with Gasteiger partial charge in [-0.15, -0.1) is 0 Å². The van der Waals surface area contributed by atoms with Crippen molar-refractivity contribution in [3.8, 4) is 0 Å². The number of hydrogen-bond donors (Lipinski definition) is 1. The molecule has 7 heteroatoms. The van der Waals surface area contributed by atoms with Gasteiger partial charge in [-0.25, -0.2) is 0 Å². The minimum atomic E-state index is -0.531. The number of nitro groups is 1. The van der Waals surface area contributed by atoms with E-state index in [9.17, 15) is 14.9 Å². The minimum Gasteiger partial charge on any atom is -0.358 e. The maximum absolute atomic E-state index is 10.8. The standard InChI is InChI=1S/C8H11N3O3S/c1-4(2)6-7(11(13)14)10-8(15-6)9-5(3)12/h4H,1-3H3,(H,9,10,12). The molecule has 0 fully saturated rings. The van der Waals surface area contributed by atoms with Crippen molar-refractivity contribution in [1.82, 2.24) is 4.98 Å². The first-order valence-electron chi connectivity index (χ1n) is 4.34. The summed E-state index contributed by atoms with van der Waals surface area (Å²) < 4.78 is 0. The van der Waals surface area contributed by atoms with Gasteiger partial charge in [0.1, 0.15) is 4.88 Å². The van der Waals surface area contributed by atoms with Gasteiger partial charge in [0.25, 0.3) is 0 Å². The number of carbonyl (C=O) groups excluding carboxylic acids is 1. The van der Waals surface area contributed by atoms with Gasteiger partial charge in [-0.2, -0.15) is 0 Å². The monoisotopic (exact) mass is 229 g/mol. The Labute approximate surface area is 90.5 Å². The molecule has 0 saturated carbocycles. The molecule has 0 radical (unpaired) electrons. The van der Waals surface area contributed by atoms with Crippen molar-refractivity contribution in [2.24, 2.45) is 0 Å². The molecular formula is C8H11N3O3S. The smallest absolute Gasteiger partial charge is 0.358 e. The molecule has 15 heavy (non-hydrogen) atoms. The van der Waals surface area contributed by atoms with E-state index in [1.54, 1.807) is 0 Å². The van der Waals surface area contributed by atoms with E-state index in [0.717, 1.165) is 11.3 Å². The Morgan fingerprint density at radius 3 is 2.53 bits per heavy atom. The molecule has 0 aliphatic heterocycles. The molecular weight excluding hydrogens is 218 g/mol. The van der Waals surface area contributed by atoms with Crippen LogP contribution in [-0.2, 0) is 4.79 Å². The van der Waals surface area contributed by atoms with Crippen molar-refractivity contribution < 1.29 is 9.72 Å². The minimum absolute atomic E-state index is 0.0189. The van der Waals surface area contributed by atoms with E-state index in [4.69, 9.17) is 0 Å². The Balaban J connectivity index is 3.09. The highest BCUT2D eigenvalue weighted by Crippen LogP contribution is 2.34. The summed E-state index contributed by atoms with van der Waals surface area (Å²) in [5.41, 5.74) is 0. The predicted molar refractivity (Wildman–Crippen MR) is 57.2 cm³/mol. The van der Waals surface area contributed by atoms with Crippen LogP contribution >= 0.6 is 11.3 Å². The van der Waals surface area contributed by atoms with Crippen LogP contribution in [0.3, 0.4) is 0 Å². The molecule has 1 heterocycles. The Morgan fingerprint density at radius 2 is 2.20 bits per heavy atom. The van der Waals surface area contributed by atoms with Crippen LogP contribution in [-0.4, -0.2) is 15.8 Å². The average Bonchev–Trinajstić information content (AvgIpc) is 2.46. The summed E-state index contributed by atoms with van der Waals surface area (Å²) in [5, 5.41) is 13.4. The lowest BCUT2D eigenvalue weighted by Gasteiger charge is -1.97. The number of hydrogen-bond acceptors (Lipinski definition) is 5. The lowest BCUT2D eigenvalue weighted by molar-refractivity contribution is -0.389. The highest BCUT2D eigenvalue weighted by molar-refractivity contribution is 7.16. The van der Waals surface area contributed by atoms with Crippen LogP contribution in [0.15, 0.2) is 0 Å². The van der Waals surface area contributed by atoms with Gasteiger partial charge in [0, 0.05) is 6.92 Å². The molecule has 82 valence electrons. The van der Waals surface area contributed by atoms with E-state index in [-0.39, 0.29) is 22.8 Å². The van der Waals surface area contributed by atoms with Crippen molar-refractivity contribution in [1.29, 1.82) is 0 Å². The van der Waals surface area contributed by atoms with Crippen molar-refractivity contribution in [3.05, 3.63) is 15.0 Å². The molecule has 1 N–H and O–H groups in total. The van der Waals surface area contributed by atoms with Gasteiger partial charge >= 0.3 is 10.9 Å². The lowest BCUT2D eigenvalue weighted by Crippen LogP contribution is -2.05. The fraction of sp³-hybridized carbons (Fsp3) is 0.500. The second-order valence-corrected chi connectivity index (χ2v) is 4.33. The molecule has 0 aliphatic rings. The Morgan fingerprint density at radius 1 is 1.60 bits per heavy atom. The van der Waals surface area contributed by atoms with Crippen LogP contribution in [0.4, 0.5) is 10.9 Å². The second kappa shape index (κ2) is 4.35. The fourth-order valence-corrected chi connectivity index (χ4v) is 2.02. The molecule has 0 aliphatic carbocycles.